The second kappa shape index (κ2) is 18.8. The molecule has 0 bridgehead atoms. The molecule has 0 radical (unpaired) electrons. The summed E-state index contributed by atoms with van der Waals surface area (Å²) in [5.41, 5.74) is 4.43. The number of carboxylic acid groups (broad SMARTS) is 1. The van der Waals surface area contributed by atoms with Crippen molar-refractivity contribution in [2.24, 2.45) is 4.99 Å². The Kier molecular flexibility index (Phi) is 13.6. The van der Waals surface area contributed by atoms with Gasteiger partial charge in [-0.1, -0.05) is 48.5 Å². The lowest BCUT2D eigenvalue weighted by molar-refractivity contribution is -0.384. The Morgan fingerprint density at radius 1 is 0.967 bits per heavy atom. The first-order chi connectivity index (χ1) is 28.7. The first kappa shape index (κ1) is 43.4. The minimum atomic E-state index is -1.13. The van der Waals surface area contributed by atoms with E-state index < -0.39 is 36.8 Å². The molecule has 3 aromatic carbocycles. The lowest BCUT2D eigenvalue weighted by atomic mass is 10.0. The third-order valence-electron chi connectivity index (χ3n) is 11.0. The maximum atomic E-state index is 13.5. The maximum absolute atomic E-state index is 13.5. The summed E-state index contributed by atoms with van der Waals surface area (Å²) in [6, 6.07) is 20.4. The monoisotopic (exact) mass is 826 g/mol. The van der Waals surface area contributed by atoms with Gasteiger partial charge >= 0.3 is 12.0 Å². The number of anilines is 1. The van der Waals surface area contributed by atoms with Crippen molar-refractivity contribution >= 4 is 52.6 Å². The number of carboxylic acids is 1. The Morgan fingerprint density at radius 3 is 2.30 bits per heavy atom. The smallest absolute Gasteiger partial charge is 0.328 e. The number of aliphatic imine (C=N–C) groups is 1. The number of carbonyl (C=O) groups is 3. The number of likely N-dealkylation sites (N-methyl/N-ethyl adjacent to an activating group) is 2. The molecule has 2 fully saturated rings. The second-order valence-electron chi connectivity index (χ2n) is 15.4. The van der Waals surface area contributed by atoms with Crippen LogP contribution in [0.5, 0.6) is 0 Å². The number of imide groups is 1. The topological polar surface area (TPSA) is 189 Å². The molecule has 17 heteroatoms. The number of amides is 3. The number of halogens is 1. The Morgan fingerprint density at radius 2 is 1.63 bits per heavy atom. The summed E-state index contributed by atoms with van der Waals surface area (Å²) in [6.45, 7) is 8.44. The van der Waals surface area contributed by atoms with Crippen LogP contribution in [-0.2, 0) is 9.59 Å². The van der Waals surface area contributed by atoms with E-state index in [-0.39, 0.29) is 40.8 Å². The molecule has 318 valence electrons. The van der Waals surface area contributed by atoms with Crippen LogP contribution in [0.2, 0.25) is 0 Å². The van der Waals surface area contributed by atoms with Crippen LogP contribution in [-0.4, -0.2) is 146 Å². The summed E-state index contributed by atoms with van der Waals surface area (Å²) in [7, 11) is 3.15. The molecule has 3 aliphatic rings. The third-order valence-corrected chi connectivity index (χ3v) is 11.0. The van der Waals surface area contributed by atoms with Crippen LogP contribution in [0.1, 0.15) is 38.4 Å². The Bertz CT molecular complexity index is 2250. The number of piperazine rings is 1. The normalized spacial score (nSPS) is 19.3. The minimum absolute atomic E-state index is 0.0728. The van der Waals surface area contributed by atoms with E-state index in [1.807, 2.05) is 40.1 Å². The zero-order chi connectivity index (χ0) is 43.2. The molecular formula is C43H51FN8O8. The summed E-state index contributed by atoms with van der Waals surface area (Å²) in [4.78, 5) is 59.6. The molecular weight excluding hydrogens is 776 g/mol. The molecule has 0 spiro atoms. The van der Waals surface area contributed by atoms with Gasteiger partial charge in [0.05, 0.1) is 29.9 Å². The summed E-state index contributed by atoms with van der Waals surface area (Å²) in [5, 5.41) is 41.2. The Balaban J connectivity index is 0.000000201. The van der Waals surface area contributed by atoms with Gasteiger partial charge in [0.25, 0.3) is 11.6 Å². The number of aliphatic carboxylic acids is 1. The van der Waals surface area contributed by atoms with Crippen molar-refractivity contribution in [1.82, 2.24) is 24.2 Å². The number of rotatable bonds is 13. The molecule has 4 atom stereocenters. The summed E-state index contributed by atoms with van der Waals surface area (Å²) in [5.74, 6) is -1.66. The van der Waals surface area contributed by atoms with Crippen LogP contribution >= 0.6 is 0 Å². The van der Waals surface area contributed by atoms with Crippen molar-refractivity contribution in [3.8, 4) is 11.1 Å². The first-order valence-corrected chi connectivity index (χ1v) is 19.8. The van der Waals surface area contributed by atoms with E-state index in [1.165, 1.54) is 30.1 Å². The van der Waals surface area contributed by atoms with Gasteiger partial charge in [0.1, 0.15) is 11.5 Å². The SMILES string of the molecule is CC(C)n1c(/C=C/[C@@H](O)C[C@@H](O)CC(=O)O)c(-c2ccc(F)cc2)c2ccccc21.CN1C(=O)C2C(N=CN2CCN2CCN(c3ccccc3[N+](=O)[O-])CC2)N(C)C1=O. The van der Waals surface area contributed by atoms with Crippen molar-refractivity contribution in [3.05, 3.63) is 100 Å². The molecule has 3 aliphatic heterocycles. The molecule has 1 aromatic heterocycles. The molecule has 2 saturated heterocycles. The van der Waals surface area contributed by atoms with Gasteiger partial charge in [-0.15, -0.1) is 0 Å². The number of aliphatic hydroxyl groups is 2. The molecule has 4 heterocycles. The number of aromatic nitrogens is 1. The van der Waals surface area contributed by atoms with Crippen LogP contribution in [0.25, 0.3) is 28.1 Å². The van der Waals surface area contributed by atoms with E-state index in [2.05, 4.69) is 28.3 Å². The second-order valence-corrected chi connectivity index (χ2v) is 15.4. The molecule has 4 aromatic rings. The van der Waals surface area contributed by atoms with E-state index in [9.17, 15) is 39.1 Å². The number of nitro benzene ring substituents is 1. The van der Waals surface area contributed by atoms with Gasteiger partial charge in [-0.3, -0.25) is 29.5 Å². The average molecular weight is 827 g/mol. The van der Waals surface area contributed by atoms with Crippen molar-refractivity contribution in [1.29, 1.82) is 0 Å². The highest BCUT2D eigenvalue weighted by molar-refractivity contribution is 6.02. The maximum Gasteiger partial charge on any atom is 0.328 e. The van der Waals surface area contributed by atoms with E-state index in [4.69, 9.17) is 5.11 Å². The lowest BCUT2D eigenvalue weighted by Crippen LogP contribution is -2.64. The number of fused-ring (bicyclic) bond motifs is 2. The highest BCUT2D eigenvalue weighted by Crippen LogP contribution is 2.38. The predicted octanol–water partition coefficient (Wildman–Crippen LogP) is 4.91. The van der Waals surface area contributed by atoms with E-state index >= 15 is 0 Å². The molecule has 0 saturated carbocycles. The van der Waals surface area contributed by atoms with E-state index in [0.29, 0.717) is 25.3 Å². The van der Waals surface area contributed by atoms with Crippen LogP contribution in [0.3, 0.4) is 0 Å². The average Bonchev–Trinajstić information content (AvgIpc) is 3.80. The zero-order valence-electron chi connectivity index (χ0n) is 34.0. The van der Waals surface area contributed by atoms with Crippen LogP contribution in [0, 0.1) is 15.9 Å². The van der Waals surface area contributed by atoms with Crippen molar-refractivity contribution in [2.45, 2.75) is 57.1 Å². The number of aliphatic hydroxyl groups excluding tert-OH is 2. The van der Waals surface area contributed by atoms with Gasteiger partial charge < -0.3 is 34.6 Å². The van der Waals surface area contributed by atoms with Gasteiger partial charge in [-0.25, -0.2) is 14.2 Å². The fraction of sp³-hybridized carbons (Fsp3) is 0.395. The quantitative estimate of drug-likeness (QED) is 0.123. The van der Waals surface area contributed by atoms with E-state index in [0.717, 1.165) is 52.3 Å². The number of urea groups is 1. The number of benzene rings is 3. The van der Waals surface area contributed by atoms with Crippen LogP contribution in [0.4, 0.5) is 20.6 Å². The zero-order valence-corrected chi connectivity index (χ0v) is 34.0. The molecule has 0 aliphatic carbocycles. The predicted molar refractivity (Wildman–Crippen MR) is 226 cm³/mol. The number of hydrogen-bond donors (Lipinski definition) is 3. The molecule has 16 nitrogen and oxygen atoms in total. The Hall–Kier alpha value is -6.17. The largest absolute Gasteiger partial charge is 0.481 e. The molecule has 3 amide bonds. The summed E-state index contributed by atoms with van der Waals surface area (Å²) >= 11 is 0. The number of hydrogen-bond acceptors (Lipinski definition) is 11. The first-order valence-electron chi connectivity index (χ1n) is 19.8. The van der Waals surface area contributed by atoms with E-state index in [1.54, 1.807) is 49.8 Å². The highest BCUT2D eigenvalue weighted by atomic mass is 19.1. The van der Waals surface area contributed by atoms with Gasteiger partial charge in [-0.05, 0) is 49.8 Å². The van der Waals surface area contributed by atoms with Gasteiger partial charge in [0.15, 0.2) is 12.2 Å². The standard InChI is InChI=1S/C24H26FNO4.C19H25N7O4/c1-15(2)26-21-6-4-3-5-20(21)24(16-7-9-17(25)10-8-16)22(26)12-11-18(27)13-19(28)14-23(29)30;1-21-17-16(18(27)22(2)19(21)28)25(13-20-17)12-9-23-7-10-24(11-8-23)14-5-3-4-6-15(14)26(29)30/h3-12,15,18-19,27-28H,13-14H2,1-2H3,(H,29,30);3-6,13,16-17H,7-12H2,1-2H3/b12-11+;/t18-,19-;/m1./s1. The van der Waals surface area contributed by atoms with Crippen LogP contribution < -0.4 is 4.90 Å². The summed E-state index contributed by atoms with van der Waals surface area (Å²) < 4.78 is 15.6. The number of nitrogens with zero attached hydrogens (tertiary/aromatic N) is 8. The third kappa shape index (κ3) is 9.48. The molecule has 60 heavy (non-hydrogen) atoms. The molecule has 3 N–H and O–H groups in total. The summed E-state index contributed by atoms with van der Waals surface area (Å²) in [6.07, 6.45) is 1.92. The number of para-hydroxylation sites is 3. The molecule has 7 rings (SSSR count). The van der Waals surface area contributed by atoms with Crippen LogP contribution in [0.15, 0.2) is 83.9 Å². The van der Waals surface area contributed by atoms with Gasteiger partial charge in [0.2, 0.25) is 0 Å². The number of nitro groups is 1. The fourth-order valence-corrected chi connectivity index (χ4v) is 8.02. The van der Waals surface area contributed by atoms with Crippen molar-refractivity contribution < 1.29 is 39.0 Å². The minimum Gasteiger partial charge on any atom is -0.481 e. The van der Waals surface area contributed by atoms with Crippen molar-refractivity contribution in [3.63, 3.8) is 0 Å². The fourth-order valence-electron chi connectivity index (χ4n) is 8.02. The van der Waals surface area contributed by atoms with Crippen molar-refractivity contribution in [2.75, 3.05) is 58.3 Å². The number of carbonyl (C=O) groups excluding carboxylic acids is 2. The van der Waals surface area contributed by atoms with Gasteiger partial charge in [-0.2, -0.15) is 0 Å². The highest BCUT2D eigenvalue weighted by Gasteiger charge is 2.48. The lowest BCUT2D eigenvalue weighted by Gasteiger charge is -2.40. The Labute approximate surface area is 347 Å². The van der Waals surface area contributed by atoms with Gasteiger partial charge in [0, 0.05) is 94.1 Å². The molecule has 2 unspecified atom stereocenters.